The van der Waals surface area contributed by atoms with E-state index in [0.717, 1.165) is 71.4 Å². The zero-order valence-electron chi connectivity index (χ0n) is 33.3. The first kappa shape index (κ1) is 41.3. The second kappa shape index (κ2) is 21.3. The number of para-hydroxylation sites is 2. The zero-order chi connectivity index (χ0) is 37.2. The highest BCUT2D eigenvalue weighted by molar-refractivity contribution is 6.03. The summed E-state index contributed by atoms with van der Waals surface area (Å²) >= 11 is 0. The van der Waals surface area contributed by atoms with Crippen molar-refractivity contribution in [2.75, 3.05) is 44.2 Å². The number of nitrogens with two attached hydrogens (primary N) is 1. The smallest absolute Gasteiger partial charge is 0.219 e. The van der Waals surface area contributed by atoms with Gasteiger partial charge in [0.2, 0.25) is 11.6 Å². The molecule has 6 nitrogen and oxygen atoms in total. The Morgan fingerprint density at radius 2 is 1.44 bits per heavy atom. The molecule has 0 radical (unpaired) electrons. The van der Waals surface area contributed by atoms with Gasteiger partial charge in [-0.25, -0.2) is 0 Å². The van der Waals surface area contributed by atoms with E-state index in [9.17, 15) is 4.79 Å². The predicted molar refractivity (Wildman–Crippen MR) is 223 cm³/mol. The van der Waals surface area contributed by atoms with E-state index < -0.39 is 0 Å². The Morgan fingerprint density at radius 3 is 2.23 bits per heavy atom. The summed E-state index contributed by atoms with van der Waals surface area (Å²) in [5.74, 6) is 0.181. The predicted octanol–water partition coefficient (Wildman–Crippen LogP) is 9.61. The quantitative estimate of drug-likeness (QED) is 0.0577. The Bertz CT molecular complexity index is 1530. The number of benzene rings is 2. The number of carbonyl (C=O) groups excluding carboxylic acids is 1. The summed E-state index contributed by atoms with van der Waals surface area (Å²) in [6, 6.07) is 17.7. The van der Waals surface area contributed by atoms with Crippen LogP contribution in [0.4, 0.5) is 11.4 Å². The van der Waals surface area contributed by atoms with E-state index in [-0.39, 0.29) is 16.7 Å². The SMILES string of the molecule is CCCCN1/C(=C/C=C/C=C/C2=[N+](CCCCCC(=O)NCCCNCCCCCCCCN)c3ccccc3C2(C)C)C(C)(C)c2ccccc21. The first-order valence-corrected chi connectivity index (χ1v) is 20.6. The molecule has 1 amide bonds. The molecule has 0 unspecified atom stereocenters. The summed E-state index contributed by atoms with van der Waals surface area (Å²) in [5.41, 5.74) is 13.6. The van der Waals surface area contributed by atoms with E-state index in [0.29, 0.717) is 6.42 Å². The molecule has 0 saturated carbocycles. The second-order valence-corrected chi connectivity index (χ2v) is 15.8. The van der Waals surface area contributed by atoms with Crippen molar-refractivity contribution in [3.63, 3.8) is 0 Å². The lowest BCUT2D eigenvalue weighted by Gasteiger charge is -2.27. The summed E-state index contributed by atoms with van der Waals surface area (Å²) in [5, 5.41) is 6.64. The number of fused-ring (bicyclic) bond motifs is 2. The molecular formula is C46H70N5O+. The molecule has 2 aromatic carbocycles. The number of nitrogens with zero attached hydrogens (tertiary/aromatic N) is 2. The van der Waals surface area contributed by atoms with Crippen molar-refractivity contribution in [3.05, 3.63) is 95.7 Å². The van der Waals surface area contributed by atoms with E-state index in [2.05, 4.69) is 134 Å². The highest BCUT2D eigenvalue weighted by Crippen LogP contribution is 2.47. The van der Waals surface area contributed by atoms with Crippen molar-refractivity contribution >= 4 is 23.0 Å². The Kier molecular flexibility index (Phi) is 16.9. The lowest BCUT2D eigenvalue weighted by molar-refractivity contribution is -0.438. The van der Waals surface area contributed by atoms with Crippen molar-refractivity contribution in [2.24, 2.45) is 5.73 Å². The summed E-state index contributed by atoms with van der Waals surface area (Å²) in [4.78, 5) is 15.0. The number of nitrogens with one attached hydrogen (secondary N) is 2. The van der Waals surface area contributed by atoms with Gasteiger partial charge in [0.1, 0.15) is 6.54 Å². The molecule has 0 aromatic heterocycles. The molecule has 2 aliphatic rings. The van der Waals surface area contributed by atoms with Crippen molar-refractivity contribution in [1.29, 1.82) is 0 Å². The third-order valence-corrected chi connectivity index (χ3v) is 11.0. The van der Waals surface area contributed by atoms with Crippen molar-refractivity contribution < 1.29 is 9.37 Å². The second-order valence-electron chi connectivity index (χ2n) is 15.8. The van der Waals surface area contributed by atoms with E-state index >= 15 is 0 Å². The van der Waals surface area contributed by atoms with Gasteiger partial charge in [0.25, 0.3) is 0 Å². The Balaban J connectivity index is 1.25. The third kappa shape index (κ3) is 11.3. The number of allylic oxidation sites excluding steroid dienone is 6. The van der Waals surface area contributed by atoms with Crippen molar-refractivity contribution in [3.8, 4) is 0 Å². The molecule has 0 atom stereocenters. The number of amides is 1. The van der Waals surface area contributed by atoms with Gasteiger partial charge in [0, 0.05) is 60.4 Å². The van der Waals surface area contributed by atoms with E-state index in [1.807, 2.05) is 0 Å². The van der Waals surface area contributed by atoms with Crippen LogP contribution in [0.5, 0.6) is 0 Å². The highest BCUT2D eigenvalue weighted by atomic mass is 16.1. The molecule has 6 heteroatoms. The lowest BCUT2D eigenvalue weighted by Crippen LogP contribution is -2.28. The molecule has 2 aromatic rings. The standard InChI is InChI=1S/C46H69N5O/c1-6-7-36-50-40-27-19-17-25-38(40)45(2,3)42(50)29-14-12-15-30-43-46(4,5)39-26-18-20-28-41(39)51(43)37-23-13-16-31-44(52)49-35-24-34-48-33-22-11-9-8-10-21-32-47/h12,14-15,17-20,25-30,48H,6-11,13,16,21-24,31-37,47H2,1-5H3/p+1. The molecule has 4 N–H and O–H groups in total. The van der Waals surface area contributed by atoms with E-state index in [4.69, 9.17) is 5.73 Å². The van der Waals surface area contributed by atoms with Gasteiger partial charge >= 0.3 is 0 Å². The van der Waals surface area contributed by atoms with Crippen LogP contribution in [-0.4, -0.2) is 55.5 Å². The molecule has 0 spiro atoms. The fourth-order valence-electron chi connectivity index (χ4n) is 7.93. The first-order chi connectivity index (χ1) is 25.2. The van der Waals surface area contributed by atoms with Crippen LogP contribution in [0.1, 0.15) is 129 Å². The van der Waals surface area contributed by atoms with Crippen LogP contribution in [0.15, 0.2) is 84.6 Å². The van der Waals surface area contributed by atoms with Gasteiger partial charge in [-0.15, -0.1) is 0 Å². The minimum absolute atomic E-state index is 0.0266. The minimum atomic E-state index is -0.0788. The maximum Gasteiger partial charge on any atom is 0.219 e. The van der Waals surface area contributed by atoms with Gasteiger partial charge < -0.3 is 21.3 Å². The van der Waals surface area contributed by atoms with Crippen molar-refractivity contribution in [1.82, 2.24) is 10.6 Å². The zero-order valence-corrected chi connectivity index (χ0v) is 33.3. The molecule has 0 saturated heterocycles. The fraction of sp³-hybridized carbons (Fsp3) is 0.565. The highest BCUT2D eigenvalue weighted by Gasteiger charge is 2.44. The minimum Gasteiger partial charge on any atom is -0.356 e. The van der Waals surface area contributed by atoms with Crippen LogP contribution >= 0.6 is 0 Å². The maximum atomic E-state index is 12.5. The number of unbranched alkanes of at least 4 members (excludes halogenated alkanes) is 8. The van der Waals surface area contributed by atoms with Gasteiger partial charge in [-0.1, -0.05) is 108 Å². The number of hydrogen-bond acceptors (Lipinski definition) is 4. The Hall–Kier alpha value is -3.48. The first-order valence-electron chi connectivity index (χ1n) is 20.6. The largest absolute Gasteiger partial charge is 0.356 e. The molecule has 284 valence electrons. The van der Waals surface area contributed by atoms with E-state index in [1.54, 1.807) is 0 Å². The van der Waals surface area contributed by atoms with E-state index in [1.165, 1.54) is 78.9 Å². The van der Waals surface area contributed by atoms with Crippen LogP contribution in [0, 0.1) is 0 Å². The molecule has 52 heavy (non-hydrogen) atoms. The summed E-state index contributed by atoms with van der Waals surface area (Å²) in [6.45, 7) is 17.2. The van der Waals surface area contributed by atoms with Gasteiger partial charge in [-0.2, -0.15) is 4.58 Å². The molecule has 0 aliphatic carbocycles. The van der Waals surface area contributed by atoms with Crippen LogP contribution in [0.2, 0.25) is 0 Å². The lowest BCUT2D eigenvalue weighted by atomic mass is 9.81. The van der Waals surface area contributed by atoms with Crippen LogP contribution in [0.25, 0.3) is 0 Å². The average Bonchev–Trinajstić information content (AvgIpc) is 3.49. The van der Waals surface area contributed by atoms with Gasteiger partial charge in [-0.05, 0) is 89.7 Å². The van der Waals surface area contributed by atoms with Gasteiger partial charge in [-0.3, -0.25) is 4.79 Å². The molecular weight excluding hydrogens is 639 g/mol. The van der Waals surface area contributed by atoms with Crippen molar-refractivity contribution in [2.45, 2.75) is 129 Å². The maximum absolute atomic E-state index is 12.5. The number of carbonyl (C=O) groups is 1. The Labute approximate surface area is 316 Å². The molecule has 2 aliphatic heterocycles. The summed E-state index contributed by atoms with van der Waals surface area (Å²) < 4.78 is 2.51. The topological polar surface area (TPSA) is 73.4 Å². The molecule has 0 fully saturated rings. The summed E-state index contributed by atoms with van der Waals surface area (Å²) in [6.07, 6.45) is 25.8. The monoisotopic (exact) mass is 709 g/mol. The van der Waals surface area contributed by atoms with Crippen LogP contribution in [-0.2, 0) is 15.6 Å². The van der Waals surface area contributed by atoms with Gasteiger partial charge in [0.15, 0.2) is 5.71 Å². The molecule has 4 rings (SSSR count). The number of anilines is 1. The fourth-order valence-corrected chi connectivity index (χ4v) is 7.93. The molecule has 0 bridgehead atoms. The number of rotatable bonds is 24. The van der Waals surface area contributed by atoms with Crippen LogP contribution < -0.4 is 21.3 Å². The van der Waals surface area contributed by atoms with Crippen LogP contribution in [0.3, 0.4) is 0 Å². The third-order valence-electron chi connectivity index (χ3n) is 11.0. The normalized spacial score (nSPS) is 16.8. The molecule has 2 heterocycles. The average molecular weight is 709 g/mol. The van der Waals surface area contributed by atoms with Gasteiger partial charge in [0.05, 0.1) is 5.41 Å². The Morgan fingerprint density at radius 1 is 0.750 bits per heavy atom. The number of hydrogen-bond donors (Lipinski definition) is 3. The summed E-state index contributed by atoms with van der Waals surface area (Å²) in [7, 11) is 0.